The molecule has 0 aliphatic carbocycles. The number of ether oxygens (including phenoxy) is 5. The van der Waals surface area contributed by atoms with Crippen molar-refractivity contribution in [1.29, 1.82) is 0 Å². The zero-order valence-electron chi connectivity index (χ0n) is 26.9. The number of aromatic nitrogens is 3. The molecule has 1 aliphatic rings. The number of hydrogen-bond donors (Lipinski definition) is 2. The van der Waals surface area contributed by atoms with Crippen LogP contribution < -0.4 is 10.6 Å². The molecule has 1 saturated heterocycles. The predicted molar refractivity (Wildman–Crippen MR) is 169 cm³/mol. The minimum atomic E-state index is -1.49. The van der Waals surface area contributed by atoms with Crippen LogP contribution in [0.4, 0.5) is 0 Å². The molecule has 0 radical (unpaired) electrons. The summed E-state index contributed by atoms with van der Waals surface area (Å²) in [6, 6.07) is 18.1. The second-order valence-electron chi connectivity index (χ2n) is 11.1. The van der Waals surface area contributed by atoms with Crippen molar-refractivity contribution in [3.63, 3.8) is 0 Å². The van der Waals surface area contributed by atoms with Gasteiger partial charge in [-0.1, -0.05) is 30.3 Å². The van der Waals surface area contributed by atoms with Gasteiger partial charge >= 0.3 is 23.9 Å². The van der Waals surface area contributed by atoms with E-state index in [2.05, 4.69) is 20.8 Å². The maximum absolute atomic E-state index is 13.0. The van der Waals surface area contributed by atoms with Crippen molar-refractivity contribution in [2.24, 2.45) is 0 Å². The molecule has 5 atom stereocenters. The summed E-state index contributed by atoms with van der Waals surface area (Å²) >= 11 is 0. The number of carbonyl (C=O) groups is 6. The lowest BCUT2D eigenvalue weighted by molar-refractivity contribution is -0.256. The molecule has 0 saturated carbocycles. The number of hydrogen-bond acceptors (Lipinski definition) is 13. The molecule has 1 fully saturated rings. The zero-order chi connectivity index (χ0) is 35.2. The van der Waals surface area contributed by atoms with Gasteiger partial charge in [-0.15, -0.1) is 10.2 Å². The third-order valence-corrected chi connectivity index (χ3v) is 7.34. The molecule has 16 heteroatoms. The van der Waals surface area contributed by atoms with E-state index < -0.39 is 79.5 Å². The number of benzene rings is 3. The molecule has 2 amide bonds. The van der Waals surface area contributed by atoms with Crippen molar-refractivity contribution < 1.29 is 52.5 Å². The van der Waals surface area contributed by atoms with Crippen LogP contribution >= 0.6 is 0 Å². The lowest BCUT2D eigenvalue weighted by atomic mass is 9.97. The van der Waals surface area contributed by atoms with Gasteiger partial charge < -0.3 is 34.3 Å². The second-order valence-corrected chi connectivity index (χ2v) is 11.1. The number of rotatable bonds is 10. The van der Waals surface area contributed by atoms with Crippen molar-refractivity contribution in [3.05, 3.63) is 66.2 Å². The molecular formula is C33H33N5O11. The van der Waals surface area contributed by atoms with Gasteiger partial charge in [0.05, 0.1) is 12.2 Å². The van der Waals surface area contributed by atoms with Crippen LogP contribution in [0.2, 0.25) is 0 Å². The third-order valence-electron chi connectivity index (χ3n) is 7.34. The van der Waals surface area contributed by atoms with Crippen LogP contribution in [0.5, 0.6) is 0 Å². The van der Waals surface area contributed by atoms with E-state index in [1.807, 2.05) is 36.4 Å². The molecular weight excluding hydrogens is 642 g/mol. The molecule has 0 unspecified atom stereocenters. The van der Waals surface area contributed by atoms with E-state index in [1.165, 1.54) is 4.80 Å². The van der Waals surface area contributed by atoms with Gasteiger partial charge in [0.15, 0.2) is 24.5 Å². The van der Waals surface area contributed by atoms with E-state index in [4.69, 9.17) is 23.7 Å². The molecule has 5 rings (SSSR count). The second kappa shape index (κ2) is 14.9. The summed E-state index contributed by atoms with van der Waals surface area (Å²) in [5.41, 5.74) is 2.30. The van der Waals surface area contributed by atoms with Crippen LogP contribution in [0, 0.1) is 0 Å². The topological polar surface area (TPSA) is 203 Å². The molecule has 2 heterocycles. The Labute approximate surface area is 278 Å². The van der Waals surface area contributed by atoms with Crippen molar-refractivity contribution >= 4 is 57.5 Å². The van der Waals surface area contributed by atoms with Gasteiger partial charge in [0.1, 0.15) is 23.7 Å². The fourth-order valence-corrected chi connectivity index (χ4v) is 5.33. The highest BCUT2D eigenvalue weighted by molar-refractivity contribution is 6.03. The number of esters is 4. The third kappa shape index (κ3) is 8.34. The van der Waals surface area contributed by atoms with Crippen LogP contribution in [-0.2, 0) is 47.7 Å². The smallest absolute Gasteiger partial charge is 0.303 e. The summed E-state index contributed by atoms with van der Waals surface area (Å²) in [7, 11) is 0. The summed E-state index contributed by atoms with van der Waals surface area (Å²) in [6.07, 6.45) is -7.05. The minimum absolute atomic E-state index is 0.242. The van der Waals surface area contributed by atoms with Gasteiger partial charge in [-0.25, -0.2) is 0 Å². The molecule has 2 N–H and O–H groups in total. The lowest BCUT2D eigenvalue weighted by Crippen LogP contribution is -2.66. The van der Waals surface area contributed by atoms with E-state index in [9.17, 15) is 28.8 Å². The Balaban J connectivity index is 1.27. The van der Waals surface area contributed by atoms with E-state index >= 15 is 0 Å². The first-order valence-electron chi connectivity index (χ1n) is 15.1. The van der Waals surface area contributed by atoms with Crippen molar-refractivity contribution in [3.8, 4) is 5.69 Å². The number of nitrogens with one attached hydrogen (secondary N) is 2. The van der Waals surface area contributed by atoms with E-state index in [1.54, 1.807) is 24.3 Å². The minimum Gasteiger partial charge on any atom is -0.463 e. The summed E-state index contributed by atoms with van der Waals surface area (Å²) < 4.78 is 26.9. The van der Waals surface area contributed by atoms with Gasteiger partial charge in [-0.2, -0.15) is 4.80 Å². The Kier molecular flexibility index (Phi) is 10.5. The molecule has 0 bridgehead atoms. The monoisotopic (exact) mass is 675 g/mol. The van der Waals surface area contributed by atoms with Crippen LogP contribution in [0.3, 0.4) is 0 Å². The SMILES string of the molecule is CC(=O)OC[C@H]1O[C@@H](NC(=O)CNC(=O)c2ccc(-n3nc4ccc5ccccc5c4n3)cc2)[C@H](OC(C)=O)[C@@H](OC(C)=O)[C@@H]1OC(C)=O. The Morgan fingerprint density at radius 2 is 1.41 bits per heavy atom. The van der Waals surface area contributed by atoms with Gasteiger partial charge in [0.25, 0.3) is 5.91 Å². The summed E-state index contributed by atoms with van der Waals surface area (Å²) in [4.78, 5) is 74.8. The van der Waals surface area contributed by atoms with E-state index in [0.29, 0.717) is 11.2 Å². The summed E-state index contributed by atoms with van der Waals surface area (Å²) in [6.45, 7) is 3.40. The van der Waals surface area contributed by atoms with Crippen LogP contribution in [-0.4, -0.2) is 94.5 Å². The normalized spacial score (nSPS) is 20.2. The van der Waals surface area contributed by atoms with Crippen LogP contribution in [0.25, 0.3) is 27.5 Å². The van der Waals surface area contributed by atoms with Gasteiger partial charge in [-0.3, -0.25) is 28.8 Å². The van der Waals surface area contributed by atoms with E-state index in [0.717, 1.165) is 44.0 Å². The molecule has 3 aromatic carbocycles. The van der Waals surface area contributed by atoms with E-state index in [-0.39, 0.29) is 5.56 Å². The predicted octanol–water partition coefficient (Wildman–Crippen LogP) is 1.50. The first kappa shape index (κ1) is 34.4. The first-order chi connectivity index (χ1) is 23.4. The first-order valence-corrected chi connectivity index (χ1v) is 15.1. The van der Waals surface area contributed by atoms with Crippen LogP contribution in [0.15, 0.2) is 60.7 Å². The Morgan fingerprint density at radius 3 is 2.08 bits per heavy atom. The fourth-order valence-electron chi connectivity index (χ4n) is 5.33. The van der Waals surface area contributed by atoms with Crippen molar-refractivity contribution in [2.75, 3.05) is 13.2 Å². The fraction of sp³-hybridized carbons (Fsp3) is 0.333. The van der Waals surface area contributed by atoms with Crippen molar-refractivity contribution in [2.45, 2.75) is 58.3 Å². The highest BCUT2D eigenvalue weighted by atomic mass is 16.7. The van der Waals surface area contributed by atoms with Gasteiger partial charge in [0, 0.05) is 38.6 Å². The largest absolute Gasteiger partial charge is 0.463 e. The zero-order valence-corrected chi connectivity index (χ0v) is 26.9. The maximum atomic E-state index is 13.0. The number of amides is 2. The molecule has 0 spiro atoms. The Morgan fingerprint density at radius 1 is 0.755 bits per heavy atom. The number of carbonyl (C=O) groups excluding carboxylic acids is 6. The Bertz CT molecular complexity index is 1910. The van der Waals surface area contributed by atoms with Crippen molar-refractivity contribution in [1.82, 2.24) is 25.6 Å². The molecule has 1 aromatic heterocycles. The van der Waals surface area contributed by atoms with Gasteiger partial charge in [0.2, 0.25) is 5.91 Å². The molecule has 16 nitrogen and oxygen atoms in total. The number of nitrogens with zero attached hydrogens (tertiary/aromatic N) is 3. The quantitative estimate of drug-likeness (QED) is 0.181. The Hall–Kier alpha value is -5.90. The highest BCUT2D eigenvalue weighted by Crippen LogP contribution is 2.28. The standard InChI is InChI=1S/C33H33N5O11/c1-17(39)45-16-26-29(46-18(2)40)30(47-19(3)41)31(48-20(4)42)33(49-26)35-27(43)15-34-32(44)22-9-12-23(13-10-22)38-36-25-14-11-21-7-5-6-8-24(21)28(25)37-38/h5-14,26,29-31,33H,15-16H2,1-4H3,(H,34,44)(H,35,43)/t26-,29-,30+,31-,33-/m1/s1. The maximum Gasteiger partial charge on any atom is 0.303 e. The molecule has 4 aromatic rings. The average molecular weight is 676 g/mol. The molecule has 256 valence electrons. The number of fused-ring (bicyclic) bond motifs is 3. The summed E-state index contributed by atoms with van der Waals surface area (Å²) in [5.74, 6) is -4.47. The molecule has 49 heavy (non-hydrogen) atoms. The summed E-state index contributed by atoms with van der Waals surface area (Å²) in [5, 5.41) is 16.1. The lowest BCUT2D eigenvalue weighted by Gasteiger charge is -2.44. The van der Waals surface area contributed by atoms with Crippen LogP contribution in [0.1, 0.15) is 38.1 Å². The average Bonchev–Trinajstić information content (AvgIpc) is 3.50. The van der Waals surface area contributed by atoms with Gasteiger partial charge in [-0.05, 0) is 35.7 Å². The highest BCUT2D eigenvalue weighted by Gasteiger charge is 2.52. The molecule has 1 aliphatic heterocycles.